The Balaban J connectivity index is 1.36. The van der Waals surface area contributed by atoms with E-state index < -0.39 is 17.2 Å². The summed E-state index contributed by atoms with van der Waals surface area (Å²) in [4.78, 5) is 30.9. The number of pyridine rings is 3. The van der Waals surface area contributed by atoms with Crippen LogP contribution in [-0.4, -0.2) is 77.7 Å². The molecule has 1 unspecified atom stereocenters. The van der Waals surface area contributed by atoms with Gasteiger partial charge in [-0.15, -0.1) is 0 Å². The van der Waals surface area contributed by atoms with Crippen molar-refractivity contribution in [2.24, 2.45) is 0 Å². The van der Waals surface area contributed by atoms with Crippen molar-refractivity contribution in [1.82, 2.24) is 25.2 Å². The summed E-state index contributed by atoms with van der Waals surface area (Å²) in [6, 6.07) is 9.01. The number of amides is 1. The molecule has 3 aromatic rings. The number of halogens is 3. The van der Waals surface area contributed by atoms with Crippen molar-refractivity contribution in [2.45, 2.75) is 57.2 Å². The number of fused-ring (bicyclic) bond motifs is 2. The number of carbonyl (C=O) groups is 1. The smallest absolute Gasteiger partial charge is 0.423 e. The fraction of sp³-hybridized carbons (Fsp3) is 0.500. The average molecular weight is 611 g/mol. The molecule has 3 aliphatic heterocycles. The Morgan fingerprint density at radius 2 is 1.84 bits per heavy atom. The van der Waals surface area contributed by atoms with Crippen LogP contribution in [0.4, 0.5) is 18.9 Å². The maximum absolute atomic E-state index is 14.3. The van der Waals surface area contributed by atoms with Crippen molar-refractivity contribution in [3.63, 3.8) is 0 Å². The number of rotatable bonds is 8. The lowest BCUT2D eigenvalue weighted by Crippen LogP contribution is -2.57. The monoisotopic (exact) mass is 610 g/mol. The Labute approximate surface area is 254 Å². The molecule has 1 N–H and O–H groups in total. The first-order chi connectivity index (χ1) is 21.3. The molecule has 2 saturated heterocycles. The average Bonchev–Trinajstić information content (AvgIpc) is 3.57. The maximum Gasteiger partial charge on any atom is 0.423 e. The normalized spacial score (nSPS) is 19.8. The molecule has 44 heavy (non-hydrogen) atoms. The van der Waals surface area contributed by atoms with E-state index in [2.05, 4.69) is 15.3 Å². The summed E-state index contributed by atoms with van der Waals surface area (Å²) in [6.07, 6.45) is 0.951. The molecule has 1 atom stereocenters. The lowest BCUT2D eigenvalue weighted by molar-refractivity contribution is -0.138. The van der Waals surface area contributed by atoms with Crippen molar-refractivity contribution in [1.29, 1.82) is 0 Å². The van der Waals surface area contributed by atoms with E-state index in [1.165, 1.54) is 12.3 Å². The Kier molecular flexibility index (Phi) is 8.36. The zero-order valence-electron chi connectivity index (χ0n) is 25.0. The van der Waals surface area contributed by atoms with Gasteiger partial charge in [-0.1, -0.05) is 13.0 Å². The summed E-state index contributed by atoms with van der Waals surface area (Å²) >= 11 is 0. The molecule has 6 rings (SSSR count). The number of piperidine rings is 1. The zero-order chi connectivity index (χ0) is 30.9. The summed E-state index contributed by atoms with van der Waals surface area (Å²) in [5, 5.41) is 3.36. The molecule has 0 radical (unpaired) electrons. The maximum atomic E-state index is 14.3. The number of alkyl halides is 3. The van der Waals surface area contributed by atoms with Gasteiger partial charge in [-0.2, -0.15) is 13.2 Å². The highest BCUT2D eigenvalue weighted by Crippen LogP contribution is 2.47. The van der Waals surface area contributed by atoms with E-state index in [9.17, 15) is 18.0 Å². The predicted molar refractivity (Wildman–Crippen MR) is 159 cm³/mol. The quantitative estimate of drug-likeness (QED) is 0.377. The molecule has 0 aromatic carbocycles. The minimum Gasteiger partial charge on any atom is -0.477 e. The van der Waals surface area contributed by atoms with Gasteiger partial charge in [-0.05, 0) is 69.0 Å². The van der Waals surface area contributed by atoms with Gasteiger partial charge in [-0.25, -0.2) is 15.0 Å². The van der Waals surface area contributed by atoms with Crippen LogP contribution in [0.25, 0.3) is 11.3 Å². The molecule has 6 heterocycles. The standard InChI is InChI=1S/C32H37F3N6O3/c1-3-18-44-29-26(32(33,34)35)25(10-15-38-29)40-16-11-31(12-17-40)20-41(21-9-14-36-19-21)30(42)27-23(31)7-8-24(39-27)22-6-5-13-37-28(22)43-4-2/h5-8,10,13,15,21,36H,3-4,9,11-12,14,16-20H2,1-2H3. The Hall–Kier alpha value is -3.93. The van der Waals surface area contributed by atoms with Gasteiger partial charge in [0.2, 0.25) is 11.8 Å². The van der Waals surface area contributed by atoms with Crippen LogP contribution in [0, 0.1) is 0 Å². The topological polar surface area (TPSA) is 92.7 Å². The highest BCUT2D eigenvalue weighted by Gasteiger charge is 2.49. The summed E-state index contributed by atoms with van der Waals surface area (Å²) in [7, 11) is 0. The molecule has 3 aliphatic rings. The number of hydrogen-bond donors (Lipinski definition) is 1. The fourth-order valence-electron chi connectivity index (χ4n) is 6.73. The Bertz CT molecular complexity index is 1500. The van der Waals surface area contributed by atoms with Crippen LogP contribution in [-0.2, 0) is 11.6 Å². The minimum atomic E-state index is -4.62. The molecule has 2 fully saturated rings. The largest absolute Gasteiger partial charge is 0.477 e. The summed E-state index contributed by atoms with van der Waals surface area (Å²) in [5.41, 5.74) is 1.34. The summed E-state index contributed by atoms with van der Waals surface area (Å²) in [6.45, 7) is 7.10. The van der Waals surface area contributed by atoms with E-state index in [-0.39, 0.29) is 30.1 Å². The summed E-state index contributed by atoms with van der Waals surface area (Å²) in [5.74, 6) is -0.0495. The number of aromatic nitrogens is 3. The highest BCUT2D eigenvalue weighted by atomic mass is 19.4. The van der Waals surface area contributed by atoms with Crippen LogP contribution in [0.2, 0.25) is 0 Å². The molecule has 9 nitrogen and oxygen atoms in total. The number of carbonyl (C=O) groups excluding carboxylic acids is 1. The fourth-order valence-corrected chi connectivity index (χ4v) is 6.73. The lowest BCUT2D eigenvalue weighted by Gasteiger charge is -2.49. The lowest BCUT2D eigenvalue weighted by atomic mass is 9.69. The van der Waals surface area contributed by atoms with E-state index in [0.717, 1.165) is 18.5 Å². The van der Waals surface area contributed by atoms with E-state index in [0.29, 0.717) is 74.9 Å². The number of hydrogen-bond acceptors (Lipinski definition) is 8. The van der Waals surface area contributed by atoms with E-state index >= 15 is 0 Å². The van der Waals surface area contributed by atoms with Crippen LogP contribution in [0.5, 0.6) is 11.8 Å². The molecule has 1 amide bonds. The Morgan fingerprint density at radius 3 is 2.55 bits per heavy atom. The predicted octanol–water partition coefficient (Wildman–Crippen LogP) is 5.10. The van der Waals surface area contributed by atoms with Gasteiger partial charge < -0.3 is 24.6 Å². The number of ether oxygens (including phenoxy) is 2. The van der Waals surface area contributed by atoms with Gasteiger partial charge in [0.05, 0.1) is 30.2 Å². The van der Waals surface area contributed by atoms with E-state index in [1.54, 1.807) is 11.1 Å². The second kappa shape index (κ2) is 12.2. The van der Waals surface area contributed by atoms with E-state index in [1.807, 2.05) is 43.0 Å². The first-order valence-corrected chi connectivity index (χ1v) is 15.3. The van der Waals surface area contributed by atoms with Crippen molar-refractivity contribution >= 4 is 11.6 Å². The zero-order valence-corrected chi connectivity index (χ0v) is 25.0. The molecular weight excluding hydrogens is 573 g/mol. The molecule has 0 aliphatic carbocycles. The molecule has 1 spiro atoms. The van der Waals surface area contributed by atoms with Crippen LogP contribution >= 0.6 is 0 Å². The second-order valence-electron chi connectivity index (χ2n) is 11.6. The van der Waals surface area contributed by atoms with Crippen LogP contribution < -0.4 is 19.7 Å². The number of nitrogens with zero attached hydrogens (tertiary/aromatic N) is 5. The van der Waals surface area contributed by atoms with Crippen molar-refractivity contribution in [2.75, 3.05) is 50.8 Å². The molecule has 3 aromatic heterocycles. The minimum absolute atomic E-state index is 0.0312. The third kappa shape index (κ3) is 5.55. The first kappa shape index (κ1) is 30.1. The molecule has 0 bridgehead atoms. The van der Waals surface area contributed by atoms with Crippen molar-refractivity contribution in [3.8, 4) is 23.0 Å². The molecule has 234 valence electrons. The van der Waals surface area contributed by atoms with Crippen LogP contribution in [0.15, 0.2) is 42.7 Å². The Morgan fingerprint density at radius 1 is 1.05 bits per heavy atom. The van der Waals surface area contributed by atoms with Crippen molar-refractivity contribution in [3.05, 3.63) is 59.5 Å². The second-order valence-corrected chi connectivity index (χ2v) is 11.6. The van der Waals surface area contributed by atoms with Crippen LogP contribution in [0.1, 0.15) is 61.1 Å². The SMILES string of the molecule is CCCOc1nccc(N2CCC3(CC2)CN(C2CCNC2)C(=O)c2nc(-c4cccnc4OCC)ccc23)c1C(F)(F)F. The molecular formula is C32H37F3N6O3. The van der Waals surface area contributed by atoms with Crippen LogP contribution in [0.3, 0.4) is 0 Å². The van der Waals surface area contributed by atoms with Crippen molar-refractivity contribution < 1.29 is 27.4 Å². The first-order valence-electron chi connectivity index (χ1n) is 15.3. The van der Waals surface area contributed by atoms with Gasteiger partial charge in [0.1, 0.15) is 11.3 Å². The van der Waals surface area contributed by atoms with Gasteiger partial charge in [0.15, 0.2) is 0 Å². The number of anilines is 1. The van der Waals surface area contributed by atoms with Gasteiger partial charge >= 0.3 is 6.18 Å². The van der Waals surface area contributed by atoms with Gasteiger partial charge in [-0.3, -0.25) is 4.79 Å². The van der Waals surface area contributed by atoms with E-state index in [4.69, 9.17) is 14.5 Å². The number of nitrogens with one attached hydrogen (secondary N) is 1. The molecule has 0 saturated carbocycles. The van der Waals surface area contributed by atoms with Gasteiger partial charge in [0, 0.05) is 50.0 Å². The molecule has 12 heteroatoms. The summed E-state index contributed by atoms with van der Waals surface area (Å²) < 4.78 is 54.2. The highest BCUT2D eigenvalue weighted by molar-refractivity contribution is 5.96. The van der Waals surface area contributed by atoms with Gasteiger partial charge in [0.25, 0.3) is 5.91 Å². The third-order valence-electron chi connectivity index (χ3n) is 8.89. The third-order valence-corrected chi connectivity index (χ3v) is 8.89.